The molecule has 22 heavy (non-hydrogen) atoms. The Bertz CT molecular complexity index is 805. The van der Waals surface area contributed by atoms with Crippen LogP contribution in [-0.4, -0.2) is 19.3 Å². The van der Waals surface area contributed by atoms with Crippen LogP contribution in [0.1, 0.15) is 10.4 Å². The summed E-state index contributed by atoms with van der Waals surface area (Å²) in [7, 11) is -3.63. The van der Waals surface area contributed by atoms with E-state index < -0.39 is 10.0 Å². The van der Waals surface area contributed by atoms with Gasteiger partial charge in [0, 0.05) is 18.0 Å². The van der Waals surface area contributed by atoms with Crippen molar-refractivity contribution in [3.63, 3.8) is 0 Å². The molecule has 0 aliphatic heterocycles. The highest BCUT2D eigenvalue weighted by Crippen LogP contribution is 2.26. The fraction of sp³-hybridized carbons (Fsp3) is 0.133. The predicted octanol–water partition coefficient (Wildman–Crippen LogP) is 3.76. The van der Waals surface area contributed by atoms with Crippen LogP contribution in [-0.2, 0) is 16.6 Å². The van der Waals surface area contributed by atoms with Crippen LogP contribution in [0, 0.1) is 11.3 Å². The average Bonchev–Trinajstić information content (AvgIpc) is 2.92. The number of halogens is 1. The van der Waals surface area contributed by atoms with Gasteiger partial charge in [-0.2, -0.15) is 9.57 Å². The van der Waals surface area contributed by atoms with Crippen LogP contribution in [0.15, 0.2) is 57.7 Å². The summed E-state index contributed by atoms with van der Waals surface area (Å²) in [5.74, 6) is 0. The van der Waals surface area contributed by atoms with Gasteiger partial charge in [-0.1, -0.05) is 6.08 Å². The Kier molecular flexibility index (Phi) is 5.53. The van der Waals surface area contributed by atoms with Crippen molar-refractivity contribution in [1.82, 2.24) is 4.31 Å². The van der Waals surface area contributed by atoms with Gasteiger partial charge >= 0.3 is 0 Å². The van der Waals surface area contributed by atoms with Gasteiger partial charge in [0.1, 0.15) is 0 Å². The first kappa shape index (κ1) is 16.9. The molecule has 1 heterocycles. The van der Waals surface area contributed by atoms with Crippen molar-refractivity contribution in [2.24, 2.45) is 0 Å². The van der Waals surface area contributed by atoms with Gasteiger partial charge in [0.2, 0.25) is 10.0 Å². The number of sulfonamides is 1. The SMILES string of the molecule is C=CCN(Cc1ccc(Br)s1)S(=O)(=O)c1ccc(C#N)cc1. The van der Waals surface area contributed by atoms with E-state index in [9.17, 15) is 8.42 Å². The quantitative estimate of drug-likeness (QED) is 0.698. The molecule has 114 valence electrons. The van der Waals surface area contributed by atoms with Gasteiger partial charge in [-0.05, 0) is 52.3 Å². The number of thiophene rings is 1. The van der Waals surface area contributed by atoms with Gasteiger partial charge in [0.25, 0.3) is 0 Å². The molecular formula is C15H13BrN2O2S2. The summed E-state index contributed by atoms with van der Waals surface area (Å²) >= 11 is 4.86. The van der Waals surface area contributed by atoms with Crippen LogP contribution >= 0.6 is 27.3 Å². The van der Waals surface area contributed by atoms with Crippen molar-refractivity contribution >= 4 is 37.3 Å². The molecule has 1 aromatic heterocycles. The highest BCUT2D eigenvalue weighted by molar-refractivity contribution is 9.11. The van der Waals surface area contributed by atoms with Gasteiger partial charge in [0.05, 0.1) is 20.3 Å². The summed E-state index contributed by atoms with van der Waals surface area (Å²) in [6, 6.07) is 11.7. The molecule has 2 rings (SSSR count). The minimum atomic E-state index is -3.63. The molecule has 0 aliphatic carbocycles. The van der Waals surface area contributed by atoms with E-state index in [0.29, 0.717) is 5.56 Å². The van der Waals surface area contributed by atoms with Crippen LogP contribution in [0.5, 0.6) is 0 Å². The van der Waals surface area contributed by atoms with Crippen molar-refractivity contribution in [3.8, 4) is 6.07 Å². The average molecular weight is 397 g/mol. The van der Waals surface area contributed by atoms with E-state index >= 15 is 0 Å². The van der Waals surface area contributed by atoms with E-state index in [4.69, 9.17) is 5.26 Å². The van der Waals surface area contributed by atoms with Crippen molar-refractivity contribution in [2.45, 2.75) is 11.4 Å². The van der Waals surface area contributed by atoms with E-state index in [1.807, 2.05) is 18.2 Å². The number of rotatable bonds is 6. The van der Waals surface area contributed by atoms with Crippen LogP contribution < -0.4 is 0 Å². The molecule has 0 spiro atoms. The molecule has 0 N–H and O–H groups in total. The smallest absolute Gasteiger partial charge is 0.207 e. The first-order valence-electron chi connectivity index (χ1n) is 6.33. The van der Waals surface area contributed by atoms with Crippen LogP contribution in [0.3, 0.4) is 0 Å². The molecule has 4 nitrogen and oxygen atoms in total. The summed E-state index contributed by atoms with van der Waals surface area (Å²) in [5, 5.41) is 8.80. The maximum absolute atomic E-state index is 12.7. The van der Waals surface area contributed by atoms with Gasteiger partial charge in [-0.15, -0.1) is 17.9 Å². The van der Waals surface area contributed by atoms with Crippen LogP contribution in [0.4, 0.5) is 0 Å². The van der Waals surface area contributed by atoms with Crippen molar-refractivity contribution < 1.29 is 8.42 Å². The minimum Gasteiger partial charge on any atom is -0.207 e. The van der Waals surface area contributed by atoms with E-state index in [0.717, 1.165) is 8.66 Å². The zero-order chi connectivity index (χ0) is 16.2. The third kappa shape index (κ3) is 3.84. The van der Waals surface area contributed by atoms with Gasteiger partial charge in [-0.3, -0.25) is 0 Å². The second kappa shape index (κ2) is 7.20. The van der Waals surface area contributed by atoms with Crippen LogP contribution in [0.25, 0.3) is 0 Å². The zero-order valence-electron chi connectivity index (χ0n) is 11.6. The van der Waals surface area contributed by atoms with Crippen molar-refractivity contribution in [2.75, 3.05) is 6.54 Å². The molecule has 0 amide bonds. The van der Waals surface area contributed by atoms with Crippen molar-refractivity contribution in [1.29, 1.82) is 5.26 Å². The molecule has 0 unspecified atom stereocenters. The van der Waals surface area contributed by atoms with E-state index in [-0.39, 0.29) is 18.0 Å². The molecule has 0 atom stereocenters. The number of hydrogen-bond acceptors (Lipinski definition) is 4. The second-order valence-electron chi connectivity index (χ2n) is 4.43. The number of nitriles is 1. The van der Waals surface area contributed by atoms with Gasteiger partial charge < -0.3 is 0 Å². The molecule has 7 heteroatoms. The topological polar surface area (TPSA) is 61.2 Å². The van der Waals surface area contributed by atoms with E-state index in [1.54, 1.807) is 6.08 Å². The number of hydrogen-bond donors (Lipinski definition) is 0. The zero-order valence-corrected chi connectivity index (χ0v) is 14.8. The number of benzene rings is 1. The Labute approximate surface area is 142 Å². The first-order chi connectivity index (χ1) is 10.5. The Balaban J connectivity index is 2.32. The Hall–Kier alpha value is -1.46. The Morgan fingerprint density at radius 2 is 1.95 bits per heavy atom. The Morgan fingerprint density at radius 1 is 1.27 bits per heavy atom. The highest BCUT2D eigenvalue weighted by Gasteiger charge is 2.24. The molecular weight excluding hydrogens is 384 g/mol. The third-order valence-electron chi connectivity index (χ3n) is 2.91. The van der Waals surface area contributed by atoms with E-state index in [2.05, 4.69) is 22.5 Å². The predicted molar refractivity (Wildman–Crippen MR) is 91.0 cm³/mol. The molecule has 0 bridgehead atoms. The summed E-state index contributed by atoms with van der Waals surface area (Å²) in [4.78, 5) is 1.11. The summed E-state index contributed by atoms with van der Waals surface area (Å²) in [6.45, 7) is 4.13. The van der Waals surface area contributed by atoms with Gasteiger partial charge in [-0.25, -0.2) is 8.42 Å². The second-order valence-corrected chi connectivity index (χ2v) is 8.91. The molecule has 0 saturated carbocycles. The lowest BCUT2D eigenvalue weighted by Gasteiger charge is -2.20. The molecule has 0 aliphatic rings. The fourth-order valence-corrected chi connectivity index (χ4v) is 4.82. The fourth-order valence-electron chi connectivity index (χ4n) is 1.85. The molecule has 0 fully saturated rings. The summed E-state index contributed by atoms with van der Waals surface area (Å²) < 4.78 is 27.8. The number of nitrogens with zero attached hydrogens (tertiary/aromatic N) is 2. The lowest BCUT2D eigenvalue weighted by molar-refractivity contribution is 0.441. The summed E-state index contributed by atoms with van der Waals surface area (Å²) in [6.07, 6.45) is 1.56. The molecule has 0 saturated heterocycles. The maximum atomic E-state index is 12.7. The normalized spacial score (nSPS) is 11.3. The Morgan fingerprint density at radius 3 is 2.45 bits per heavy atom. The minimum absolute atomic E-state index is 0.170. The van der Waals surface area contributed by atoms with E-state index in [1.165, 1.54) is 39.9 Å². The first-order valence-corrected chi connectivity index (χ1v) is 9.37. The molecule has 1 aromatic carbocycles. The molecule has 2 aromatic rings. The lowest BCUT2D eigenvalue weighted by Crippen LogP contribution is -2.30. The van der Waals surface area contributed by atoms with Crippen LogP contribution in [0.2, 0.25) is 0 Å². The highest BCUT2D eigenvalue weighted by atomic mass is 79.9. The lowest BCUT2D eigenvalue weighted by atomic mass is 10.2. The standard InChI is InChI=1S/C15H13BrN2O2S2/c1-2-9-18(11-13-5-8-15(16)21-13)22(19,20)14-6-3-12(10-17)4-7-14/h2-8H,1,9,11H2. The van der Waals surface area contributed by atoms with Crippen molar-refractivity contribution in [3.05, 3.63) is 63.3 Å². The third-order valence-corrected chi connectivity index (χ3v) is 6.35. The summed E-state index contributed by atoms with van der Waals surface area (Å²) in [5.41, 5.74) is 0.427. The maximum Gasteiger partial charge on any atom is 0.243 e. The van der Waals surface area contributed by atoms with Gasteiger partial charge in [0.15, 0.2) is 0 Å². The molecule has 0 radical (unpaired) electrons. The largest absolute Gasteiger partial charge is 0.243 e. The monoisotopic (exact) mass is 396 g/mol.